The molecule has 1 aromatic heterocycles. The molecular formula is C13H15F2N3. The predicted molar refractivity (Wildman–Crippen MR) is 65.0 cm³/mol. The van der Waals surface area contributed by atoms with Crippen LogP contribution >= 0.6 is 0 Å². The molecule has 0 saturated carbocycles. The third-order valence-electron chi connectivity index (χ3n) is 2.73. The second-order valence-electron chi connectivity index (χ2n) is 4.15. The van der Waals surface area contributed by atoms with Gasteiger partial charge in [0, 0.05) is 44.5 Å². The van der Waals surface area contributed by atoms with Crippen molar-refractivity contribution in [2.24, 2.45) is 7.05 Å². The van der Waals surface area contributed by atoms with E-state index in [1.807, 2.05) is 17.8 Å². The fourth-order valence-electron chi connectivity index (χ4n) is 1.81. The Morgan fingerprint density at radius 1 is 1.22 bits per heavy atom. The molecule has 5 heteroatoms. The van der Waals surface area contributed by atoms with E-state index in [2.05, 4.69) is 10.4 Å². The van der Waals surface area contributed by atoms with Gasteiger partial charge in [-0.3, -0.25) is 4.68 Å². The predicted octanol–water partition coefficient (Wildman–Crippen LogP) is 2.03. The highest BCUT2D eigenvalue weighted by molar-refractivity contribution is 5.17. The van der Waals surface area contributed by atoms with Gasteiger partial charge in [0.15, 0.2) is 0 Å². The van der Waals surface area contributed by atoms with Crippen molar-refractivity contribution in [2.75, 3.05) is 6.54 Å². The number of rotatable bonds is 5. The van der Waals surface area contributed by atoms with Gasteiger partial charge in [-0.2, -0.15) is 5.10 Å². The minimum absolute atomic E-state index is 0.451. The molecule has 0 amide bonds. The normalized spacial score (nSPS) is 10.8. The van der Waals surface area contributed by atoms with Crippen LogP contribution in [0.25, 0.3) is 0 Å². The van der Waals surface area contributed by atoms with E-state index in [4.69, 9.17) is 0 Å². The molecule has 96 valence electrons. The Morgan fingerprint density at radius 2 is 1.94 bits per heavy atom. The molecule has 0 bridgehead atoms. The van der Waals surface area contributed by atoms with E-state index in [1.165, 1.54) is 12.1 Å². The van der Waals surface area contributed by atoms with E-state index in [1.54, 1.807) is 6.20 Å². The van der Waals surface area contributed by atoms with Crippen LogP contribution in [0.3, 0.4) is 0 Å². The van der Waals surface area contributed by atoms with Crippen molar-refractivity contribution in [3.05, 3.63) is 53.4 Å². The summed E-state index contributed by atoms with van der Waals surface area (Å²) in [5.74, 6) is -1.09. The summed E-state index contributed by atoms with van der Waals surface area (Å²) in [4.78, 5) is 0. The molecule has 0 aliphatic heterocycles. The summed E-state index contributed by atoms with van der Waals surface area (Å²) in [5.41, 5.74) is 1.73. The number of nitrogens with zero attached hydrogens (tertiary/aromatic N) is 2. The Kier molecular flexibility index (Phi) is 4.04. The molecule has 0 fully saturated rings. The highest BCUT2D eigenvalue weighted by Crippen LogP contribution is 2.07. The van der Waals surface area contributed by atoms with Gasteiger partial charge in [-0.15, -0.1) is 0 Å². The molecule has 2 rings (SSSR count). The molecule has 1 heterocycles. The van der Waals surface area contributed by atoms with Gasteiger partial charge in [-0.1, -0.05) is 0 Å². The van der Waals surface area contributed by atoms with E-state index in [0.29, 0.717) is 12.1 Å². The molecule has 0 atom stereocenters. The summed E-state index contributed by atoms with van der Waals surface area (Å²) in [6, 6.07) is 5.49. The summed E-state index contributed by atoms with van der Waals surface area (Å²) in [5, 5.41) is 7.21. The van der Waals surface area contributed by atoms with Crippen LogP contribution in [0.15, 0.2) is 30.5 Å². The minimum Gasteiger partial charge on any atom is -0.312 e. The Hall–Kier alpha value is -1.75. The van der Waals surface area contributed by atoms with Gasteiger partial charge in [0.2, 0.25) is 0 Å². The molecule has 1 aromatic carbocycles. The molecule has 18 heavy (non-hydrogen) atoms. The van der Waals surface area contributed by atoms with Gasteiger partial charge in [0.1, 0.15) is 11.6 Å². The number of aromatic nitrogens is 2. The average molecular weight is 251 g/mol. The lowest BCUT2D eigenvalue weighted by atomic mass is 10.2. The smallest absolute Gasteiger partial charge is 0.126 e. The topological polar surface area (TPSA) is 29.9 Å². The lowest BCUT2D eigenvalue weighted by Gasteiger charge is -2.06. The van der Waals surface area contributed by atoms with Gasteiger partial charge in [0.05, 0.1) is 0 Å². The Balaban J connectivity index is 1.80. The molecule has 1 N–H and O–H groups in total. The zero-order chi connectivity index (χ0) is 13.0. The van der Waals surface area contributed by atoms with Crippen LogP contribution in [0, 0.1) is 11.6 Å². The maximum absolute atomic E-state index is 12.9. The van der Waals surface area contributed by atoms with Crippen LogP contribution < -0.4 is 5.32 Å². The summed E-state index contributed by atoms with van der Waals surface area (Å²) in [6.45, 7) is 1.18. The van der Waals surface area contributed by atoms with Crippen LogP contribution in [0.4, 0.5) is 8.78 Å². The fraction of sp³-hybridized carbons (Fsp3) is 0.308. The largest absolute Gasteiger partial charge is 0.312 e. The van der Waals surface area contributed by atoms with Crippen molar-refractivity contribution >= 4 is 0 Å². The molecule has 0 unspecified atom stereocenters. The fourth-order valence-corrected chi connectivity index (χ4v) is 1.81. The zero-order valence-electron chi connectivity index (χ0n) is 10.2. The van der Waals surface area contributed by atoms with Gasteiger partial charge >= 0.3 is 0 Å². The van der Waals surface area contributed by atoms with Gasteiger partial charge in [-0.25, -0.2) is 8.78 Å². The number of hydrogen-bond donors (Lipinski definition) is 1. The van der Waals surface area contributed by atoms with Crippen LogP contribution in [0.1, 0.15) is 11.3 Å². The van der Waals surface area contributed by atoms with E-state index in [9.17, 15) is 8.78 Å². The Labute approximate surface area is 104 Å². The Bertz CT molecular complexity index is 502. The molecule has 0 aliphatic carbocycles. The number of aryl methyl sites for hydroxylation is 1. The molecular weight excluding hydrogens is 236 g/mol. The first-order valence-corrected chi connectivity index (χ1v) is 5.78. The molecule has 0 radical (unpaired) electrons. The summed E-state index contributed by atoms with van der Waals surface area (Å²) in [6.07, 6.45) is 2.57. The molecule has 2 aromatic rings. The van der Waals surface area contributed by atoms with E-state index < -0.39 is 11.6 Å². The summed E-state index contributed by atoms with van der Waals surface area (Å²) < 4.78 is 27.7. The number of benzene rings is 1. The lowest BCUT2D eigenvalue weighted by molar-refractivity contribution is 0.574. The third kappa shape index (κ3) is 3.37. The van der Waals surface area contributed by atoms with Gasteiger partial charge < -0.3 is 5.32 Å². The first-order valence-electron chi connectivity index (χ1n) is 5.78. The number of hydrogen-bond acceptors (Lipinski definition) is 2. The molecule has 0 saturated heterocycles. The SMILES string of the molecule is Cn1nccc1CCNCc1cc(F)cc(F)c1. The second-order valence-corrected chi connectivity index (χ2v) is 4.15. The quantitative estimate of drug-likeness (QED) is 0.824. The van der Waals surface area contributed by atoms with Gasteiger partial charge in [0.25, 0.3) is 0 Å². The number of nitrogens with one attached hydrogen (secondary N) is 1. The average Bonchev–Trinajstić information content (AvgIpc) is 2.69. The van der Waals surface area contributed by atoms with Crippen LogP contribution in [0.2, 0.25) is 0 Å². The van der Waals surface area contributed by atoms with Crippen molar-refractivity contribution in [2.45, 2.75) is 13.0 Å². The van der Waals surface area contributed by atoms with Crippen molar-refractivity contribution in [1.82, 2.24) is 15.1 Å². The molecule has 0 spiro atoms. The van der Waals surface area contributed by atoms with Gasteiger partial charge in [-0.05, 0) is 23.8 Å². The minimum atomic E-state index is -0.543. The van der Waals surface area contributed by atoms with Crippen LogP contribution in [0.5, 0.6) is 0 Å². The molecule has 0 aliphatic rings. The summed E-state index contributed by atoms with van der Waals surface area (Å²) >= 11 is 0. The first kappa shape index (κ1) is 12.7. The monoisotopic (exact) mass is 251 g/mol. The van der Waals surface area contributed by atoms with Crippen molar-refractivity contribution in [3.63, 3.8) is 0 Å². The van der Waals surface area contributed by atoms with E-state index in [0.717, 1.165) is 24.7 Å². The third-order valence-corrected chi connectivity index (χ3v) is 2.73. The van der Waals surface area contributed by atoms with Crippen molar-refractivity contribution in [1.29, 1.82) is 0 Å². The number of halogens is 2. The highest BCUT2D eigenvalue weighted by atomic mass is 19.1. The zero-order valence-corrected chi connectivity index (χ0v) is 10.2. The summed E-state index contributed by atoms with van der Waals surface area (Å²) in [7, 11) is 1.89. The standard InChI is InChI=1S/C13H15F2N3/c1-18-13(3-5-17-18)2-4-16-9-10-6-11(14)8-12(15)7-10/h3,5-8,16H,2,4,9H2,1H3. The van der Waals surface area contributed by atoms with E-state index >= 15 is 0 Å². The maximum atomic E-state index is 12.9. The lowest BCUT2D eigenvalue weighted by Crippen LogP contribution is -2.18. The second kappa shape index (κ2) is 5.73. The first-order chi connectivity index (χ1) is 8.65. The van der Waals surface area contributed by atoms with Crippen molar-refractivity contribution in [3.8, 4) is 0 Å². The molecule has 3 nitrogen and oxygen atoms in total. The van der Waals surface area contributed by atoms with Crippen LogP contribution in [-0.4, -0.2) is 16.3 Å². The van der Waals surface area contributed by atoms with Crippen molar-refractivity contribution < 1.29 is 8.78 Å². The van der Waals surface area contributed by atoms with Crippen LogP contribution in [-0.2, 0) is 20.0 Å². The maximum Gasteiger partial charge on any atom is 0.126 e. The Morgan fingerprint density at radius 3 is 2.56 bits per heavy atom. The highest BCUT2D eigenvalue weighted by Gasteiger charge is 2.01. The van der Waals surface area contributed by atoms with E-state index in [-0.39, 0.29) is 0 Å².